The number of rotatable bonds is 1. The van der Waals surface area contributed by atoms with Crippen molar-refractivity contribution in [2.24, 2.45) is 0 Å². The van der Waals surface area contributed by atoms with Gasteiger partial charge in [0.05, 0.1) is 0 Å². The highest BCUT2D eigenvalue weighted by atomic mass is 32.2. The number of hydrogen-bond donors (Lipinski definition) is 2. The zero-order valence-corrected chi connectivity index (χ0v) is 7.41. The first-order valence-electron chi connectivity index (χ1n) is 3.71. The molecule has 0 aromatic rings. The van der Waals surface area contributed by atoms with Crippen molar-refractivity contribution in [2.45, 2.75) is 18.4 Å². The van der Waals surface area contributed by atoms with Crippen LogP contribution in [0.15, 0.2) is 0 Å². The summed E-state index contributed by atoms with van der Waals surface area (Å²) in [6.45, 7) is 0. The van der Waals surface area contributed by atoms with E-state index in [4.69, 9.17) is 0 Å². The van der Waals surface area contributed by atoms with Crippen LogP contribution < -0.4 is 5.32 Å². The van der Waals surface area contributed by atoms with E-state index in [0.717, 1.165) is 11.5 Å². The Kier molecular flexibility index (Phi) is 2.78. The molecule has 64 valence electrons. The lowest BCUT2D eigenvalue weighted by molar-refractivity contribution is -0.139. The van der Waals surface area contributed by atoms with Crippen molar-refractivity contribution < 1.29 is 9.90 Å². The van der Waals surface area contributed by atoms with Crippen LogP contribution in [0.25, 0.3) is 0 Å². The van der Waals surface area contributed by atoms with Crippen LogP contribution in [0.5, 0.6) is 0 Å². The molecular weight excluding hydrogens is 162 g/mol. The van der Waals surface area contributed by atoms with Crippen molar-refractivity contribution in [3.8, 4) is 0 Å². The van der Waals surface area contributed by atoms with E-state index in [9.17, 15) is 9.90 Å². The summed E-state index contributed by atoms with van der Waals surface area (Å²) in [4.78, 5) is 11.1. The molecule has 1 amide bonds. The molecule has 3 nitrogen and oxygen atoms in total. The molecule has 1 saturated heterocycles. The Morgan fingerprint density at radius 2 is 2.09 bits per heavy atom. The van der Waals surface area contributed by atoms with Crippen LogP contribution >= 0.6 is 11.8 Å². The molecule has 0 aromatic carbocycles. The minimum Gasteiger partial charge on any atom is -0.380 e. The van der Waals surface area contributed by atoms with Gasteiger partial charge in [-0.25, -0.2) is 0 Å². The second-order valence-electron chi connectivity index (χ2n) is 2.72. The van der Waals surface area contributed by atoms with E-state index >= 15 is 0 Å². The van der Waals surface area contributed by atoms with E-state index in [1.807, 2.05) is 0 Å². The highest BCUT2D eigenvalue weighted by Crippen LogP contribution is 2.26. The fourth-order valence-electron chi connectivity index (χ4n) is 1.17. The topological polar surface area (TPSA) is 49.3 Å². The highest BCUT2D eigenvalue weighted by molar-refractivity contribution is 7.99. The van der Waals surface area contributed by atoms with Crippen LogP contribution in [0.4, 0.5) is 0 Å². The van der Waals surface area contributed by atoms with Gasteiger partial charge < -0.3 is 10.4 Å². The molecule has 0 radical (unpaired) electrons. The predicted molar refractivity (Wildman–Crippen MR) is 45.6 cm³/mol. The second-order valence-corrected chi connectivity index (χ2v) is 3.95. The number of hydrogen-bond acceptors (Lipinski definition) is 3. The maximum Gasteiger partial charge on any atom is 0.251 e. The number of carbonyl (C=O) groups is 1. The van der Waals surface area contributed by atoms with Gasteiger partial charge in [-0.15, -0.1) is 0 Å². The Balaban J connectivity index is 2.56. The van der Waals surface area contributed by atoms with Crippen LogP contribution in [0.1, 0.15) is 12.8 Å². The van der Waals surface area contributed by atoms with Crippen LogP contribution in [0.3, 0.4) is 0 Å². The molecule has 1 fully saturated rings. The second kappa shape index (κ2) is 3.45. The van der Waals surface area contributed by atoms with Gasteiger partial charge in [0, 0.05) is 7.05 Å². The minimum absolute atomic E-state index is 0.238. The monoisotopic (exact) mass is 175 g/mol. The average molecular weight is 175 g/mol. The molecule has 4 heteroatoms. The van der Waals surface area contributed by atoms with Crippen molar-refractivity contribution >= 4 is 17.7 Å². The molecule has 1 heterocycles. The molecule has 1 rings (SSSR count). The summed E-state index contributed by atoms with van der Waals surface area (Å²) in [5, 5.41) is 12.2. The summed E-state index contributed by atoms with van der Waals surface area (Å²) in [5.74, 6) is 1.52. The number of thioether (sulfide) groups is 1. The smallest absolute Gasteiger partial charge is 0.251 e. The van der Waals surface area contributed by atoms with Gasteiger partial charge in [0.2, 0.25) is 0 Å². The average Bonchev–Trinajstić information content (AvgIpc) is 2.04. The van der Waals surface area contributed by atoms with E-state index in [-0.39, 0.29) is 5.91 Å². The molecule has 1 aliphatic rings. The zero-order chi connectivity index (χ0) is 8.32. The van der Waals surface area contributed by atoms with Crippen molar-refractivity contribution in [1.82, 2.24) is 5.32 Å². The van der Waals surface area contributed by atoms with Gasteiger partial charge in [0.15, 0.2) is 0 Å². The molecule has 0 spiro atoms. The van der Waals surface area contributed by atoms with Gasteiger partial charge in [-0.2, -0.15) is 11.8 Å². The third-order valence-corrected chi connectivity index (χ3v) is 2.96. The standard InChI is InChI=1S/C7H13NO2S/c1-8-6(9)7(10)2-4-11-5-3-7/h10H,2-5H2,1H3,(H,8,9). The van der Waals surface area contributed by atoms with Crippen molar-refractivity contribution in [3.05, 3.63) is 0 Å². The summed E-state index contributed by atoms with van der Waals surface area (Å²) < 4.78 is 0. The third-order valence-electron chi connectivity index (χ3n) is 1.97. The fraction of sp³-hybridized carbons (Fsp3) is 0.857. The quantitative estimate of drug-likeness (QED) is 0.589. The van der Waals surface area contributed by atoms with E-state index in [1.54, 1.807) is 18.8 Å². The molecule has 0 bridgehead atoms. The lowest BCUT2D eigenvalue weighted by atomic mass is 9.96. The molecule has 2 N–H and O–H groups in total. The molecule has 0 atom stereocenters. The van der Waals surface area contributed by atoms with Crippen molar-refractivity contribution in [1.29, 1.82) is 0 Å². The van der Waals surface area contributed by atoms with Crippen LogP contribution in [-0.2, 0) is 4.79 Å². The third kappa shape index (κ3) is 1.87. The summed E-state index contributed by atoms with van der Waals surface area (Å²) in [7, 11) is 1.56. The predicted octanol–water partition coefficient (Wildman–Crippen LogP) is -0.00950. The Bertz CT molecular complexity index is 155. The van der Waals surface area contributed by atoms with Gasteiger partial charge in [-0.3, -0.25) is 4.79 Å². The zero-order valence-electron chi connectivity index (χ0n) is 6.59. The molecular formula is C7H13NO2S. The number of carbonyl (C=O) groups excluding carboxylic acids is 1. The van der Waals surface area contributed by atoms with Crippen molar-refractivity contribution in [2.75, 3.05) is 18.6 Å². The Hall–Kier alpha value is -0.220. The van der Waals surface area contributed by atoms with E-state index in [2.05, 4.69) is 5.32 Å². The van der Waals surface area contributed by atoms with Gasteiger partial charge in [0.25, 0.3) is 5.91 Å². The number of amides is 1. The lowest BCUT2D eigenvalue weighted by Gasteiger charge is -2.29. The fourth-order valence-corrected chi connectivity index (χ4v) is 2.34. The van der Waals surface area contributed by atoms with Crippen LogP contribution in [0.2, 0.25) is 0 Å². The van der Waals surface area contributed by atoms with Gasteiger partial charge in [-0.1, -0.05) is 0 Å². The van der Waals surface area contributed by atoms with Crippen LogP contribution in [-0.4, -0.2) is 35.2 Å². The molecule has 0 saturated carbocycles. The Labute approximate surface area is 70.6 Å². The first-order chi connectivity index (χ1) is 5.19. The van der Waals surface area contributed by atoms with Gasteiger partial charge >= 0.3 is 0 Å². The molecule has 0 aliphatic carbocycles. The maximum atomic E-state index is 11.1. The lowest BCUT2D eigenvalue weighted by Crippen LogP contribution is -2.47. The Morgan fingerprint density at radius 3 is 2.55 bits per heavy atom. The minimum atomic E-state index is -1.08. The van der Waals surface area contributed by atoms with E-state index in [0.29, 0.717) is 12.8 Å². The number of aliphatic hydroxyl groups is 1. The van der Waals surface area contributed by atoms with Crippen molar-refractivity contribution in [3.63, 3.8) is 0 Å². The summed E-state index contributed by atoms with van der Waals surface area (Å²) in [6, 6.07) is 0. The summed E-state index contributed by atoms with van der Waals surface area (Å²) >= 11 is 1.79. The van der Waals surface area contributed by atoms with E-state index in [1.165, 1.54) is 0 Å². The molecule has 11 heavy (non-hydrogen) atoms. The van der Waals surface area contributed by atoms with Crippen LogP contribution in [0, 0.1) is 0 Å². The number of likely N-dealkylation sites (N-methyl/N-ethyl adjacent to an activating group) is 1. The largest absolute Gasteiger partial charge is 0.380 e. The summed E-state index contributed by atoms with van der Waals surface area (Å²) in [6.07, 6.45) is 1.16. The van der Waals surface area contributed by atoms with E-state index < -0.39 is 5.60 Å². The first-order valence-corrected chi connectivity index (χ1v) is 4.87. The molecule has 0 unspecified atom stereocenters. The Morgan fingerprint density at radius 1 is 1.55 bits per heavy atom. The number of nitrogens with one attached hydrogen (secondary N) is 1. The summed E-state index contributed by atoms with van der Waals surface area (Å²) in [5.41, 5.74) is -1.08. The first kappa shape index (κ1) is 8.87. The molecule has 0 aromatic heterocycles. The SMILES string of the molecule is CNC(=O)C1(O)CCSCC1. The maximum absolute atomic E-state index is 11.1. The normalized spacial score (nSPS) is 22.7. The van der Waals surface area contributed by atoms with Gasteiger partial charge in [0.1, 0.15) is 5.60 Å². The van der Waals surface area contributed by atoms with Gasteiger partial charge in [-0.05, 0) is 24.3 Å². The highest BCUT2D eigenvalue weighted by Gasteiger charge is 2.36. The molecule has 1 aliphatic heterocycles.